The molecular formula is C16H27ClN2. The summed E-state index contributed by atoms with van der Waals surface area (Å²) in [5.74, 6) is 0.700. The zero-order valence-electron chi connectivity index (χ0n) is 12.7. The minimum atomic E-state index is 0.700. The molecule has 0 aliphatic carbocycles. The normalized spacial score (nSPS) is 12.5. The Balaban J connectivity index is 2.95. The molecule has 0 spiro atoms. The second-order valence-electron chi connectivity index (χ2n) is 5.11. The molecule has 0 amide bonds. The molecule has 108 valence electrons. The van der Waals surface area contributed by atoms with Gasteiger partial charge in [0.1, 0.15) is 0 Å². The maximum Gasteiger partial charge on any atom is 0.0426 e. The van der Waals surface area contributed by atoms with Gasteiger partial charge in [0.05, 0.1) is 0 Å². The standard InChI is InChI=1S/C16H27ClN2/c1-5-13(4)12-19(7-3)16-10-15(17)9-8-14(16)11-18-6-2/h8-10,13,18H,5-7,11-12H2,1-4H3. The van der Waals surface area contributed by atoms with E-state index < -0.39 is 0 Å². The Kier molecular flexibility index (Phi) is 7.25. The first-order chi connectivity index (χ1) is 9.12. The fourth-order valence-corrected chi connectivity index (χ4v) is 2.31. The number of rotatable bonds is 8. The monoisotopic (exact) mass is 282 g/mol. The van der Waals surface area contributed by atoms with Gasteiger partial charge in [-0.15, -0.1) is 0 Å². The van der Waals surface area contributed by atoms with Crippen LogP contribution < -0.4 is 10.2 Å². The van der Waals surface area contributed by atoms with Gasteiger partial charge in [-0.05, 0) is 37.1 Å². The molecule has 0 fully saturated rings. The molecule has 1 aromatic carbocycles. The summed E-state index contributed by atoms with van der Waals surface area (Å²) in [6.07, 6.45) is 1.21. The van der Waals surface area contributed by atoms with Gasteiger partial charge in [0, 0.05) is 30.3 Å². The van der Waals surface area contributed by atoms with Crippen molar-refractivity contribution in [3.8, 4) is 0 Å². The largest absolute Gasteiger partial charge is 0.371 e. The highest BCUT2D eigenvalue weighted by Crippen LogP contribution is 2.26. The highest BCUT2D eigenvalue weighted by molar-refractivity contribution is 6.30. The zero-order chi connectivity index (χ0) is 14.3. The molecule has 0 saturated carbocycles. The Labute approximate surface area is 123 Å². The van der Waals surface area contributed by atoms with Gasteiger partial charge in [-0.2, -0.15) is 0 Å². The van der Waals surface area contributed by atoms with Crippen molar-refractivity contribution in [3.63, 3.8) is 0 Å². The lowest BCUT2D eigenvalue weighted by Crippen LogP contribution is -2.29. The molecule has 0 aromatic heterocycles. The lowest BCUT2D eigenvalue weighted by molar-refractivity contribution is 0.546. The van der Waals surface area contributed by atoms with Gasteiger partial charge in [0.2, 0.25) is 0 Å². The van der Waals surface area contributed by atoms with E-state index in [0.717, 1.165) is 31.2 Å². The summed E-state index contributed by atoms with van der Waals surface area (Å²) in [6, 6.07) is 6.22. The number of hydrogen-bond donors (Lipinski definition) is 1. The molecule has 1 atom stereocenters. The van der Waals surface area contributed by atoms with Crippen LogP contribution in [0.4, 0.5) is 5.69 Å². The molecule has 3 heteroatoms. The summed E-state index contributed by atoms with van der Waals surface area (Å²) >= 11 is 6.18. The predicted molar refractivity (Wildman–Crippen MR) is 86.2 cm³/mol. The smallest absolute Gasteiger partial charge is 0.0426 e. The third-order valence-electron chi connectivity index (χ3n) is 3.56. The fourth-order valence-electron chi connectivity index (χ4n) is 2.14. The summed E-state index contributed by atoms with van der Waals surface area (Å²) < 4.78 is 0. The van der Waals surface area contributed by atoms with Crippen molar-refractivity contribution in [1.82, 2.24) is 5.32 Å². The van der Waals surface area contributed by atoms with Crippen molar-refractivity contribution in [1.29, 1.82) is 0 Å². The first kappa shape index (κ1) is 16.3. The van der Waals surface area contributed by atoms with E-state index in [1.807, 2.05) is 6.07 Å². The lowest BCUT2D eigenvalue weighted by atomic mass is 10.1. The zero-order valence-corrected chi connectivity index (χ0v) is 13.4. The van der Waals surface area contributed by atoms with Gasteiger partial charge in [0.25, 0.3) is 0 Å². The molecule has 0 heterocycles. The SMILES string of the molecule is CCNCc1ccc(Cl)cc1N(CC)CC(C)CC. The molecule has 1 aromatic rings. The predicted octanol–water partition coefficient (Wildman–Crippen LogP) is 4.32. The third-order valence-corrected chi connectivity index (χ3v) is 3.80. The molecule has 19 heavy (non-hydrogen) atoms. The van der Waals surface area contributed by atoms with Crippen molar-refractivity contribution in [2.75, 3.05) is 24.5 Å². The third kappa shape index (κ3) is 5.04. The van der Waals surface area contributed by atoms with Crippen molar-refractivity contribution >= 4 is 17.3 Å². The minimum absolute atomic E-state index is 0.700. The number of nitrogens with one attached hydrogen (secondary N) is 1. The van der Waals surface area contributed by atoms with Crippen LogP contribution in [0.1, 0.15) is 39.7 Å². The summed E-state index contributed by atoms with van der Waals surface area (Å²) in [4.78, 5) is 2.44. The van der Waals surface area contributed by atoms with Crippen LogP contribution in [0.3, 0.4) is 0 Å². The number of benzene rings is 1. The second kappa shape index (κ2) is 8.44. The quantitative estimate of drug-likeness (QED) is 0.764. The van der Waals surface area contributed by atoms with Crippen LogP contribution in [0.2, 0.25) is 5.02 Å². The number of halogens is 1. The molecule has 0 radical (unpaired) electrons. The van der Waals surface area contributed by atoms with Gasteiger partial charge in [-0.1, -0.05) is 44.9 Å². The molecule has 0 bridgehead atoms. The van der Waals surface area contributed by atoms with Gasteiger partial charge in [-0.3, -0.25) is 0 Å². The van der Waals surface area contributed by atoms with E-state index >= 15 is 0 Å². The van der Waals surface area contributed by atoms with Gasteiger partial charge in [0.15, 0.2) is 0 Å². The highest BCUT2D eigenvalue weighted by atomic mass is 35.5. The first-order valence-corrected chi connectivity index (χ1v) is 7.74. The van der Waals surface area contributed by atoms with E-state index in [1.54, 1.807) is 0 Å². The van der Waals surface area contributed by atoms with Crippen molar-refractivity contribution in [3.05, 3.63) is 28.8 Å². The van der Waals surface area contributed by atoms with Crippen LogP contribution in [0.5, 0.6) is 0 Å². The Bertz CT molecular complexity index is 379. The highest BCUT2D eigenvalue weighted by Gasteiger charge is 2.12. The van der Waals surface area contributed by atoms with E-state index in [9.17, 15) is 0 Å². The molecule has 1 N–H and O–H groups in total. The molecule has 0 aliphatic heterocycles. The summed E-state index contributed by atoms with van der Waals surface area (Å²) in [6.45, 7) is 12.9. The van der Waals surface area contributed by atoms with Crippen LogP contribution in [0, 0.1) is 5.92 Å². The molecule has 0 aliphatic rings. The Morgan fingerprint density at radius 3 is 2.58 bits per heavy atom. The van der Waals surface area contributed by atoms with Crippen LogP contribution in [-0.2, 0) is 6.54 Å². The fraction of sp³-hybridized carbons (Fsp3) is 0.625. The Hall–Kier alpha value is -0.730. The van der Waals surface area contributed by atoms with Gasteiger partial charge in [-0.25, -0.2) is 0 Å². The minimum Gasteiger partial charge on any atom is -0.371 e. The van der Waals surface area contributed by atoms with E-state index in [4.69, 9.17) is 11.6 Å². The Morgan fingerprint density at radius 2 is 2.00 bits per heavy atom. The van der Waals surface area contributed by atoms with E-state index in [-0.39, 0.29) is 0 Å². The van der Waals surface area contributed by atoms with Crippen LogP contribution >= 0.6 is 11.6 Å². The van der Waals surface area contributed by atoms with Crippen molar-refractivity contribution in [2.45, 2.75) is 40.7 Å². The van der Waals surface area contributed by atoms with E-state index in [2.05, 4.69) is 50.0 Å². The van der Waals surface area contributed by atoms with Gasteiger partial charge < -0.3 is 10.2 Å². The molecule has 1 rings (SSSR count). The average molecular weight is 283 g/mol. The maximum absolute atomic E-state index is 6.18. The molecule has 0 saturated heterocycles. The Morgan fingerprint density at radius 1 is 1.26 bits per heavy atom. The van der Waals surface area contributed by atoms with E-state index in [1.165, 1.54) is 17.7 Å². The van der Waals surface area contributed by atoms with Crippen LogP contribution in [0.15, 0.2) is 18.2 Å². The van der Waals surface area contributed by atoms with Crippen molar-refractivity contribution in [2.24, 2.45) is 5.92 Å². The number of anilines is 1. The average Bonchev–Trinajstić information content (AvgIpc) is 2.43. The maximum atomic E-state index is 6.18. The van der Waals surface area contributed by atoms with Crippen molar-refractivity contribution < 1.29 is 0 Å². The summed E-state index contributed by atoms with van der Waals surface area (Å²) in [7, 11) is 0. The summed E-state index contributed by atoms with van der Waals surface area (Å²) in [5.41, 5.74) is 2.60. The van der Waals surface area contributed by atoms with Crippen LogP contribution in [-0.4, -0.2) is 19.6 Å². The summed E-state index contributed by atoms with van der Waals surface area (Å²) in [5, 5.41) is 4.22. The molecule has 2 nitrogen and oxygen atoms in total. The lowest BCUT2D eigenvalue weighted by Gasteiger charge is -2.28. The topological polar surface area (TPSA) is 15.3 Å². The first-order valence-electron chi connectivity index (χ1n) is 7.36. The number of hydrogen-bond acceptors (Lipinski definition) is 2. The number of nitrogens with zero attached hydrogens (tertiary/aromatic N) is 1. The molecular weight excluding hydrogens is 256 g/mol. The second-order valence-corrected chi connectivity index (χ2v) is 5.54. The van der Waals surface area contributed by atoms with E-state index in [0.29, 0.717) is 5.92 Å². The molecule has 1 unspecified atom stereocenters. The van der Waals surface area contributed by atoms with Crippen LogP contribution in [0.25, 0.3) is 0 Å². The van der Waals surface area contributed by atoms with Gasteiger partial charge >= 0.3 is 0 Å².